The number of benzene rings is 2. The van der Waals surface area contributed by atoms with Gasteiger partial charge in [-0.25, -0.2) is 4.39 Å². The number of nitrogens with two attached hydrogens (primary N) is 1. The Bertz CT molecular complexity index is 732. The number of fused-ring (bicyclic) bond motifs is 1. The molecule has 0 aliphatic carbocycles. The van der Waals surface area contributed by atoms with Crippen molar-refractivity contribution in [3.63, 3.8) is 0 Å². The minimum atomic E-state index is -0.523. The molecular weight excluding hydrogens is 335 g/mol. The van der Waals surface area contributed by atoms with Crippen LogP contribution in [0.4, 0.5) is 15.8 Å². The van der Waals surface area contributed by atoms with Crippen LogP contribution in [0.2, 0.25) is 0 Å². The van der Waals surface area contributed by atoms with E-state index >= 15 is 0 Å². The lowest BCUT2D eigenvalue weighted by atomic mass is 10.1. The number of amides is 1. The molecule has 1 unspecified atom stereocenters. The van der Waals surface area contributed by atoms with Gasteiger partial charge in [0.05, 0.1) is 5.56 Å². The Labute approximate surface area is 130 Å². The molecule has 0 spiro atoms. The summed E-state index contributed by atoms with van der Waals surface area (Å²) in [5.41, 5.74) is 8.36. The summed E-state index contributed by atoms with van der Waals surface area (Å²) < 4.78 is 14.6. The highest BCUT2D eigenvalue weighted by molar-refractivity contribution is 9.10. The maximum absolute atomic E-state index is 14.0. The van der Waals surface area contributed by atoms with Gasteiger partial charge in [-0.15, -0.1) is 0 Å². The highest BCUT2D eigenvalue weighted by Gasteiger charge is 2.32. The van der Waals surface area contributed by atoms with Gasteiger partial charge >= 0.3 is 0 Å². The smallest absolute Gasteiger partial charge is 0.261 e. The van der Waals surface area contributed by atoms with Crippen LogP contribution in [0.25, 0.3) is 0 Å². The minimum Gasteiger partial charge on any atom is -0.399 e. The normalized spacial score (nSPS) is 16.9. The molecule has 108 valence electrons. The van der Waals surface area contributed by atoms with Gasteiger partial charge in [-0.05, 0) is 55.3 Å². The Morgan fingerprint density at radius 2 is 2.10 bits per heavy atom. The number of hydrogen-bond donors (Lipinski definition) is 1. The minimum absolute atomic E-state index is 0.0163. The lowest BCUT2D eigenvalue weighted by Crippen LogP contribution is -2.36. The standard InChI is InChI=1S/C16H14BrFN2O/c1-9-6-10-7-12(19)3-5-15(10)20(9)16(21)13-4-2-11(17)8-14(13)18/h2-5,7-9H,6,19H2,1H3. The summed E-state index contributed by atoms with van der Waals surface area (Å²) in [4.78, 5) is 14.3. The number of nitrogen functional groups attached to an aromatic ring is 1. The summed E-state index contributed by atoms with van der Waals surface area (Å²) in [5.74, 6) is -0.846. The SMILES string of the molecule is CC1Cc2cc(N)ccc2N1C(=O)c1ccc(Br)cc1F. The predicted molar refractivity (Wildman–Crippen MR) is 84.9 cm³/mol. The monoisotopic (exact) mass is 348 g/mol. The Morgan fingerprint density at radius 3 is 2.81 bits per heavy atom. The third kappa shape index (κ3) is 2.42. The molecule has 2 aromatic carbocycles. The van der Waals surface area contributed by atoms with Crippen molar-refractivity contribution >= 4 is 33.2 Å². The Hall–Kier alpha value is -1.88. The van der Waals surface area contributed by atoms with Crippen LogP contribution in [0.5, 0.6) is 0 Å². The van der Waals surface area contributed by atoms with E-state index in [0.29, 0.717) is 10.2 Å². The molecule has 0 radical (unpaired) electrons. The quantitative estimate of drug-likeness (QED) is 0.797. The fraction of sp³-hybridized carbons (Fsp3) is 0.188. The molecule has 1 heterocycles. The molecule has 3 nitrogen and oxygen atoms in total. The second-order valence-corrected chi connectivity index (χ2v) is 6.16. The molecule has 0 fully saturated rings. The molecule has 2 N–H and O–H groups in total. The van der Waals surface area contributed by atoms with Crippen molar-refractivity contribution in [1.29, 1.82) is 0 Å². The zero-order chi connectivity index (χ0) is 15.1. The highest BCUT2D eigenvalue weighted by Crippen LogP contribution is 2.35. The fourth-order valence-corrected chi connectivity index (χ4v) is 3.09. The average Bonchev–Trinajstić information content (AvgIpc) is 2.73. The van der Waals surface area contributed by atoms with Crippen LogP contribution >= 0.6 is 15.9 Å². The third-order valence-electron chi connectivity index (χ3n) is 3.70. The van der Waals surface area contributed by atoms with Crippen molar-refractivity contribution in [3.05, 3.63) is 57.8 Å². The van der Waals surface area contributed by atoms with Crippen LogP contribution in [0.15, 0.2) is 40.9 Å². The molecule has 1 aliphatic rings. The largest absolute Gasteiger partial charge is 0.399 e. The summed E-state index contributed by atoms with van der Waals surface area (Å²) in [6.07, 6.45) is 0.726. The van der Waals surface area contributed by atoms with Crippen molar-refractivity contribution in [1.82, 2.24) is 0 Å². The van der Waals surface area contributed by atoms with Crippen LogP contribution in [0.3, 0.4) is 0 Å². The van der Waals surface area contributed by atoms with E-state index in [4.69, 9.17) is 5.73 Å². The van der Waals surface area contributed by atoms with E-state index in [9.17, 15) is 9.18 Å². The third-order valence-corrected chi connectivity index (χ3v) is 4.19. The van der Waals surface area contributed by atoms with Gasteiger partial charge in [-0.3, -0.25) is 4.79 Å². The number of anilines is 2. The molecule has 21 heavy (non-hydrogen) atoms. The second-order valence-electron chi connectivity index (χ2n) is 5.24. The molecule has 0 saturated heterocycles. The maximum atomic E-state index is 14.0. The Morgan fingerprint density at radius 1 is 1.33 bits per heavy atom. The van der Waals surface area contributed by atoms with Crippen LogP contribution in [-0.2, 0) is 6.42 Å². The van der Waals surface area contributed by atoms with E-state index in [1.54, 1.807) is 17.0 Å². The highest BCUT2D eigenvalue weighted by atomic mass is 79.9. The van der Waals surface area contributed by atoms with E-state index in [2.05, 4.69) is 15.9 Å². The van der Waals surface area contributed by atoms with Crippen molar-refractivity contribution in [2.45, 2.75) is 19.4 Å². The van der Waals surface area contributed by atoms with Crippen molar-refractivity contribution in [2.24, 2.45) is 0 Å². The van der Waals surface area contributed by atoms with Crippen LogP contribution < -0.4 is 10.6 Å². The second kappa shape index (κ2) is 5.15. The lowest BCUT2D eigenvalue weighted by molar-refractivity contribution is 0.0977. The van der Waals surface area contributed by atoms with Crippen molar-refractivity contribution < 1.29 is 9.18 Å². The van der Waals surface area contributed by atoms with Gasteiger partial charge in [-0.2, -0.15) is 0 Å². The fourth-order valence-electron chi connectivity index (χ4n) is 2.75. The number of rotatable bonds is 1. The van der Waals surface area contributed by atoms with Crippen molar-refractivity contribution in [3.8, 4) is 0 Å². The number of carbonyl (C=O) groups is 1. The molecule has 3 rings (SSSR count). The molecule has 5 heteroatoms. The first-order valence-corrected chi connectivity index (χ1v) is 7.43. The molecular formula is C16H14BrFN2O. The zero-order valence-electron chi connectivity index (χ0n) is 11.4. The number of halogens is 2. The number of nitrogens with zero attached hydrogens (tertiary/aromatic N) is 1. The predicted octanol–water partition coefficient (Wildman–Crippen LogP) is 3.76. The molecule has 1 atom stereocenters. The molecule has 0 aromatic heterocycles. The van der Waals surface area contributed by atoms with Gasteiger partial charge in [0, 0.05) is 21.9 Å². The van der Waals surface area contributed by atoms with E-state index < -0.39 is 5.82 Å². The number of hydrogen-bond acceptors (Lipinski definition) is 2. The van der Waals surface area contributed by atoms with E-state index in [1.165, 1.54) is 12.1 Å². The van der Waals surface area contributed by atoms with E-state index in [-0.39, 0.29) is 17.5 Å². The van der Waals surface area contributed by atoms with Gasteiger partial charge < -0.3 is 10.6 Å². The average molecular weight is 349 g/mol. The summed E-state index contributed by atoms with van der Waals surface area (Å²) in [7, 11) is 0. The first kappa shape index (κ1) is 14.1. The summed E-state index contributed by atoms with van der Waals surface area (Å²) >= 11 is 3.20. The van der Waals surface area contributed by atoms with Gasteiger partial charge in [0.1, 0.15) is 5.82 Å². The first-order chi connectivity index (χ1) is 9.97. The topological polar surface area (TPSA) is 46.3 Å². The van der Waals surface area contributed by atoms with Gasteiger partial charge in [0.2, 0.25) is 0 Å². The summed E-state index contributed by atoms with van der Waals surface area (Å²) in [6.45, 7) is 1.95. The first-order valence-electron chi connectivity index (χ1n) is 6.64. The van der Waals surface area contributed by atoms with E-state index in [1.807, 2.05) is 19.1 Å². The van der Waals surface area contributed by atoms with Gasteiger partial charge in [-0.1, -0.05) is 15.9 Å². The van der Waals surface area contributed by atoms with E-state index in [0.717, 1.165) is 17.7 Å². The van der Waals surface area contributed by atoms with Gasteiger partial charge in [0.25, 0.3) is 5.91 Å². The Balaban J connectivity index is 2.03. The zero-order valence-corrected chi connectivity index (χ0v) is 13.0. The summed E-state index contributed by atoms with van der Waals surface area (Å²) in [6, 6.07) is 9.91. The molecule has 0 saturated carbocycles. The molecule has 0 bridgehead atoms. The molecule has 1 aliphatic heterocycles. The molecule has 1 amide bonds. The lowest BCUT2D eigenvalue weighted by Gasteiger charge is -2.23. The maximum Gasteiger partial charge on any atom is 0.261 e. The van der Waals surface area contributed by atoms with Crippen LogP contribution in [-0.4, -0.2) is 11.9 Å². The van der Waals surface area contributed by atoms with Crippen LogP contribution in [0, 0.1) is 5.82 Å². The molecule has 2 aromatic rings. The van der Waals surface area contributed by atoms with Gasteiger partial charge in [0.15, 0.2) is 0 Å². The summed E-state index contributed by atoms with van der Waals surface area (Å²) in [5, 5.41) is 0. The Kier molecular flexibility index (Phi) is 3.45. The van der Waals surface area contributed by atoms with Crippen molar-refractivity contribution in [2.75, 3.05) is 10.6 Å². The van der Waals surface area contributed by atoms with Crippen LogP contribution in [0.1, 0.15) is 22.8 Å². The number of carbonyl (C=O) groups excluding carboxylic acids is 1.